The molecule has 4 nitrogen and oxygen atoms in total. The van der Waals surface area contributed by atoms with Gasteiger partial charge in [-0.3, -0.25) is 4.79 Å². The Hall–Kier alpha value is -1.95. The molecule has 2 rings (SSSR count). The maximum absolute atomic E-state index is 12.8. The third-order valence-electron chi connectivity index (χ3n) is 2.94. The van der Waals surface area contributed by atoms with Gasteiger partial charge in [0.25, 0.3) is 0 Å². The summed E-state index contributed by atoms with van der Waals surface area (Å²) >= 11 is 1.32. The predicted molar refractivity (Wildman–Crippen MR) is 85.3 cm³/mol. The summed E-state index contributed by atoms with van der Waals surface area (Å²) in [6, 6.07) is 8.18. The number of amides is 1. The van der Waals surface area contributed by atoms with Gasteiger partial charge in [-0.05, 0) is 44.0 Å². The van der Waals surface area contributed by atoms with E-state index in [1.807, 2.05) is 19.9 Å². The van der Waals surface area contributed by atoms with E-state index in [1.165, 1.54) is 23.9 Å². The predicted octanol–water partition coefficient (Wildman–Crippen LogP) is 2.68. The van der Waals surface area contributed by atoms with Crippen molar-refractivity contribution in [3.05, 3.63) is 53.1 Å². The van der Waals surface area contributed by atoms with Gasteiger partial charge >= 0.3 is 0 Å². The Morgan fingerprint density at radius 3 is 2.45 bits per heavy atom. The molecular formula is C16H18FN3OS. The van der Waals surface area contributed by atoms with E-state index in [4.69, 9.17) is 0 Å². The number of rotatable bonds is 6. The van der Waals surface area contributed by atoms with Gasteiger partial charge in [-0.25, -0.2) is 14.4 Å². The summed E-state index contributed by atoms with van der Waals surface area (Å²) in [5, 5.41) is 3.45. The average molecular weight is 319 g/mol. The van der Waals surface area contributed by atoms with Crippen LogP contribution >= 0.6 is 11.8 Å². The normalized spacial score (nSPS) is 10.5. The molecule has 0 radical (unpaired) electrons. The molecule has 0 fully saturated rings. The molecule has 0 saturated carbocycles. The molecule has 22 heavy (non-hydrogen) atoms. The van der Waals surface area contributed by atoms with Gasteiger partial charge in [-0.1, -0.05) is 23.9 Å². The maximum Gasteiger partial charge on any atom is 0.230 e. The number of hydrogen-bond acceptors (Lipinski definition) is 4. The first kappa shape index (κ1) is 16.4. The summed E-state index contributed by atoms with van der Waals surface area (Å²) in [6.07, 6.45) is 0.677. The van der Waals surface area contributed by atoms with Crippen molar-refractivity contribution in [2.45, 2.75) is 25.4 Å². The molecule has 2 aromatic rings. The van der Waals surface area contributed by atoms with E-state index < -0.39 is 0 Å². The Balaban J connectivity index is 1.72. The fraction of sp³-hybridized carbons (Fsp3) is 0.312. The van der Waals surface area contributed by atoms with Crippen molar-refractivity contribution in [1.82, 2.24) is 15.3 Å². The van der Waals surface area contributed by atoms with Gasteiger partial charge in [0.15, 0.2) is 5.16 Å². The lowest BCUT2D eigenvalue weighted by Gasteiger charge is -2.06. The topological polar surface area (TPSA) is 54.9 Å². The van der Waals surface area contributed by atoms with Crippen LogP contribution in [0.5, 0.6) is 0 Å². The second kappa shape index (κ2) is 7.89. The molecule has 1 N–H and O–H groups in total. The van der Waals surface area contributed by atoms with Crippen LogP contribution in [0.4, 0.5) is 4.39 Å². The van der Waals surface area contributed by atoms with E-state index in [9.17, 15) is 9.18 Å². The van der Waals surface area contributed by atoms with Crippen molar-refractivity contribution < 1.29 is 9.18 Å². The summed E-state index contributed by atoms with van der Waals surface area (Å²) in [5.74, 6) is -0.0285. The monoisotopic (exact) mass is 319 g/mol. The molecule has 1 aromatic carbocycles. The highest BCUT2D eigenvalue weighted by Gasteiger charge is 2.06. The molecule has 0 aliphatic rings. The molecular weight excluding hydrogens is 301 g/mol. The fourth-order valence-corrected chi connectivity index (χ4v) is 2.72. The van der Waals surface area contributed by atoms with Crippen LogP contribution in [0.2, 0.25) is 0 Å². The lowest BCUT2D eigenvalue weighted by molar-refractivity contribution is -0.118. The zero-order chi connectivity index (χ0) is 15.9. The molecule has 1 amide bonds. The Bertz CT molecular complexity index is 626. The molecule has 1 heterocycles. The molecule has 0 spiro atoms. The molecule has 0 aliphatic carbocycles. The summed E-state index contributed by atoms with van der Waals surface area (Å²) in [6.45, 7) is 4.34. The minimum Gasteiger partial charge on any atom is -0.355 e. The first-order chi connectivity index (χ1) is 10.5. The minimum absolute atomic E-state index is 0.0603. The quantitative estimate of drug-likeness (QED) is 0.657. The van der Waals surface area contributed by atoms with Crippen LogP contribution in [-0.4, -0.2) is 28.2 Å². The Labute approximate surface area is 133 Å². The Morgan fingerprint density at radius 2 is 1.82 bits per heavy atom. The second-order valence-electron chi connectivity index (χ2n) is 4.95. The van der Waals surface area contributed by atoms with E-state index in [2.05, 4.69) is 15.3 Å². The summed E-state index contributed by atoms with van der Waals surface area (Å²) < 4.78 is 12.8. The highest BCUT2D eigenvalue weighted by atomic mass is 32.2. The molecule has 0 atom stereocenters. The number of aromatic nitrogens is 2. The minimum atomic E-state index is -0.252. The average Bonchev–Trinajstić information content (AvgIpc) is 2.46. The van der Waals surface area contributed by atoms with Gasteiger partial charge in [-0.15, -0.1) is 0 Å². The van der Waals surface area contributed by atoms with Crippen molar-refractivity contribution in [2.24, 2.45) is 0 Å². The van der Waals surface area contributed by atoms with Gasteiger partial charge < -0.3 is 5.32 Å². The summed E-state index contributed by atoms with van der Waals surface area (Å²) in [5.41, 5.74) is 2.78. The third-order valence-corrected chi connectivity index (χ3v) is 3.79. The van der Waals surface area contributed by atoms with Gasteiger partial charge in [-0.2, -0.15) is 0 Å². The van der Waals surface area contributed by atoms with Crippen LogP contribution < -0.4 is 5.32 Å². The van der Waals surface area contributed by atoms with E-state index in [0.717, 1.165) is 17.0 Å². The fourth-order valence-electron chi connectivity index (χ4n) is 1.94. The smallest absolute Gasteiger partial charge is 0.230 e. The molecule has 0 aliphatic heterocycles. The molecule has 0 unspecified atom stereocenters. The number of thioether (sulfide) groups is 1. The standard InChI is InChI=1S/C16H18FN3OS/c1-11-9-12(2)20-16(19-11)22-10-15(21)18-8-7-13-3-5-14(17)6-4-13/h3-6,9H,7-8,10H2,1-2H3,(H,18,21). The number of aryl methyl sites for hydroxylation is 2. The first-order valence-electron chi connectivity index (χ1n) is 6.99. The van der Waals surface area contributed by atoms with Gasteiger partial charge in [0.2, 0.25) is 5.91 Å². The maximum atomic E-state index is 12.8. The Kier molecular flexibility index (Phi) is 5.89. The zero-order valence-corrected chi connectivity index (χ0v) is 13.4. The number of carbonyl (C=O) groups excluding carboxylic acids is 1. The number of hydrogen-bond donors (Lipinski definition) is 1. The number of benzene rings is 1. The van der Waals surface area contributed by atoms with E-state index >= 15 is 0 Å². The SMILES string of the molecule is Cc1cc(C)nc(SCC(=O)NCCc2ccc(F)cc2)n1. The largest absolute Gasteiger partial charge is 0.355 e. The Morgan fingerprint density at radius 1 is 1.18 bits per heavy atom. The van der Waals surface area contributed by atoms with E-state index in [1.54, 1.807) is 12.1 Å². The van der Waals surface area contributed by atoms with Crippen LogP contribution in [0.1, 0.15) is 17.0 Å². The van der Waals surface area contributed by atoms with Gasteiger partial charge in [0.1, 0.15) is 5.82 Å². The van der Waals surface area contributed by atoms with Crippen molar-refractivity contribution in [2.75, 3.05) is 12.3 Å². The van der Waals surface area contributed by atoms with Gasteiger partial charge in [0.05, 0.1) is 5.75 Å². The molecule has 0 bridgehead atoms. The molecule has 0 saturated heterocycles. The second-order valence-corrected chi connectivity index (χ2v) is 5.89. The van der Waals surface area contributed by atoms with Gasteiger partial charge in [0, 0.05) is 17.9 Å². The van der Waals surface area contributed by atoms with E-state index in [-0.39, 0.29) is 17.5 Å². The first-order valence-corrected chi connectivity index (χ1v) is 7.98. The summed E-state index contributed by atoms with van der Waals surface area (Å²) in [4.78, 5) is 20.3. The van der Waals surface area contributed by atoms with Crippen LogP contribution in [0.25, 0.3) is 0 Å². The number of halogens is 1. The highest BCUT2D eigenvalue weighted by Crippen LogP contribution is 2.13. The molecule has 6 heteroatoms. The van der Waals surface area contributed by atoms with Crippen LogP contribution in [-0.2, 0) is 11.2 Å². The van der Waals surface area contributed by atoms with Crippen molar-refractivity contribution in [3.63, 3.8) is 0 Å². The number of nitrogens with one attached hydrogen (secondary N) is 1. The van der Waals surface area contributed by atoms with Crippen LogP contribution in [0.3, 0.4) is 0 Å². The van der Waals surface area contributed by atoms with Crippen molar-refractivity contribution in [3.8, 4) is 0 Å². The lowest BCUT2D eigenvalue weighted by atomic mass is 10.1. The lowest BCUT2D eigenvalue weighted by Crippen LogP contribution is -2.27. The van der Waals surface area contributed by atoms with Crippen molar-refractivity contribution in [1.29, 1.82) is 0 Å². The number of carbonyl (C=O) groups is 1. The third kappa shape index (κ3) is 5.44. The number of nitrogens with zero attached hydrogens (tertiary/aromatic N) is 2. The molecule has 1 aromatic heterocycles. The van der Waals surface area contributed by atoms with E-state index in [0.29, 0.717) is 18.1 Å². The van der Waals surface area contributed by atoms with Crippen molar-refractivity contribution >= 4 is 17.7 Å². The zero-order valence-electron chi connectivity index (χ0n) is 12.6. The highest BCUT2D eigenvalue weighted by molar-refractivity contribution is 7.99. The molecule has 116 valence electrons. The summed E-state index contributed by atoms with van der Waals surface area (Å²) in [7, 11) is 0. The van der Waals surface area contributed by atoms with Crippen LogP contribution in [0.15, 0.2) is 35.5 Å². The van der Waals surface area contributed by atoms with Crippen LogP contribution in [0, 0.1) is 19.7 Å².